The molecule has 44 heavy (non-hydrogen) atoms. The second kappa shape index (κ2) is 8.95. The van der Waals surface area contributed by atoms with E-state index in [0.29, 0.717) is 0 Å². The minimum Gasteiger partial charge on any atom is -0.460 e. The van der Waals surface area contributed by atoms with Gasteiger partial charge >= 0.3 is 0 Å². The number of aryl methyl sites for hydroxylation is 1. The maximum atomic E-state index is 6.76. The summed E-state index contributed by atoms with van der Waals surface area (Å²) in [4.78, 5) is 0. The van der Waals surface area contributed by atoms with Crippen LogP contribution in [-0.2, 0) is 6.42 Å². The molecular weight excluding hydrogens is 536 g/mol. The quantitative estimate of drug-likeness (QED) is 0.196. The van der Waals surface area contributed by atoms with E-state index in [1.54, 1.807) is 0 Å². The molecule has 2 nitrogen and oxygen atoms in total. The lowest BCUT2D eigenvalue weighted by atomic mass is 9.84. The highest BCUT2D eigenvalue weighted by molar-refractivity contribution is 6.28. The topological polar surface area (TPSA) is 26.3 Å². The van der Waals surface area contributed by atoms with Crippen molar-refractivity contribution in [1.82, 2.24) is 0 Å². The van der Waals surface area contributed by atoms with E-state index in [1.807, 2.05) is 6.07 Å². The van der Waals surface area contributed by atoms with Crippen LogP contribution in [-0.4, -0.2) is 0 Å². The predicted octanol–water partition coefficient (Wildman–Crippen LogP) is 12.1. The van der Waals surface area contributed by atoms with E-state index in [0.717, 1.165) is 57.1 Å². The van der Waals surface area contributed by atoms with Gasteiger partial charge in [-0.25, -0.2) is 0 Å². The number of allylic oxidation sites excluding steroid dienone is 1. The first-order valence-electron chi connectivity index (χ1n) is 15.3. The second-order valence-corrected chi connectivity index (χ2v) is 11.9. The minimum absolute atomic E-state index is 0.877. The van der Waals surface area contributed by atoms with Crippen molar-refractivity contribution >= 4 is 71.3 Å². The number of para-hydroxylation sites is 1. The van der Waals surface area contributed by atoms with Crippen LogP contribution >= 0.6 is 0 Å². The van der Waals surface area contributed by atoms with E-state index in [9.17, 15) is 0 Å². The summed E-state index contributed by atoms with van der Waals surface area (Å²) in [6.45, 7) is 0. The van der Waals surface area contributed by atoms with E-state index < -0.39 is 0 Å². The van der Waals surface area contributed by atoms with Gasteiger partial charge in [-0.15, -0.1) is 0 Å². The van der Waals surface area contributed by atoms with Crippen LogP contribution < -0.4 is 0 Å². The lowest BCUT2D eigenvalue weighted by molar-refractivity contribution is 0.548. The van der Waals surface area contributed by atoms with Crippen molar-refractivity contribution in [3.8, 4) is 22.3 Å². The van der Waals surface area contributed by atoms with Crippen molar-refractivity contribution in [3.63, 3.8) is 0 Å². The molecule has 2 aromatic heterocycles. The van der Waals surface area contributed by atoms with Crippen LogP contribution in [0.25, 0.3) is 93.6 Å². The van der Waals surface area contributed by atoms with Gasteiger partial charge in [-0.3, -0.25) is 0 Å². The number of fused-ring (bicyclic) bond motifs is 10. The van der Waals surface area contributed by atoms with Gasteiger partial charge in [-0.2, -0.15) is 0 Å². The number of rotatable bonds is 2. The molecule has 0 saturated heterocycles. The zero-order chi connectivity index (χ0) is 28.8. The Morgan fingerprint density at radius 1 is 0.500 bits per heavy atom. The van der Waals surface area contributed by atoms with Gasteiger partial charge in [0.05, 0.1) is 5.39 Å². The largest absolute Gasteiger partial charge is 0.460 e. The van der Waals surface area contributed by atoms with Crippen LogP contribution in [0, 0.1) is 0 Å². The van der Waals surface area contributed by atoms with Crippen molar-refractivity contribution in [2.75, 3.05) is 0 Å². The molecule has 0 atom stereocenters. The first-order chi connectivity index (χ1) is 21.8. The summed E-state index contributed by atoms with van der Waals surface area (Å²) >= 11 is 0. The Kier molecular flexibility index (Phi) is 4.86. The first kappa shape index (κ1) is 23.9. The molecule has 0 fully saturated rings. The number of furan rings is 2. The van der Waals surface area contributed by atoms with Crippen molar-refractivity contribution in [2.45, 2.75) is 12.8 Å². The molecule has 0 unspecified atom stereocenters. The zero-order valence-electron chi connectivity index (χ0n) is 23.9. The third-order valence-electron chi connectivity index (χ3n) is 9.48. The van der Waals surface area contributed by atoms with E-state index in [2.05, 4.69) is 127 Å². The molecule has 1 aliphatic carbocycles. The Morgan fingerprint density at radius 3 is 1.93 bits per heavy atom. The smallest absolute Gasteiger partial charge is 0.147 e. The van der Waals surface area contributed by atoms with Crippen LogP contribution in [0.15, 0.2) is 136 Å². The average molecular weight is 563 g/mol. The Labute approximate surface area is 253 Å². The molecule has 1 aliphatic rings. The molecule has 10 rings (SSSR count). The monoisotopic (exact) mass is 562 g/mol. The summed E-state index contributed by atoms with van der Waals surface area (Å²) in [6.07, 6.45) is 6.42. The highest BCUT2D eigenvalue weighted by atomic mass is 16.3. The van der Waals surface area contributed by atoms with E-state index in [4.69, 9.17) is 8.83 Å². The first-order valence-corrected chi connectivity index (χ1v) is 15.3. The zero-order valence-corrected chi connectivity index (χ0v) is 23.9. The normalized spacial score (nSPS) is 13.2. The third kappa shape index (κ3) is 3.25. The summed E-state index contributed by atoms with van der Waals surface area (Å²) in [5.74, 6) is 1.06. The van der Waals surface area contributed by atoms with Gasteiger partial charge in [0.2, 0.25) is 0 Å². The van der Waals surface area contributed by atoms with Crippen LogP contribution in [0.1, 0.15) is 17.7 Å². The summed E-state index contributed by atoms with van der Waals surface area (Å²) in [6, 6.07) is 43.8. The Morgan fingerprint density at radius 2 is 1.16 bits per heavy atom. The van der Waals surface area contributed by atoms with Crippen molar-refractivity contribution in [2.24, 2.45) is 0 Å². The summed E-state index contributed by atoms with van der Waals surface area (Å²) in [7, 11) is 0. The summed E-state index contributed by atoms with van der Waals surface area (Å²) in [5.41, 5.74) is 8.65. The number of hydrogen-bond donors (Lipinski definition) is 0. The highest BCUT2D eigenvalue weighted by Crippen LogP contribution is 2.49. The Bertz CT molecular complexity index is 2610. The molecule has 206 valence electrons. The molecule has 0 aliphatic heterocycles. The average Bonchev–Trinajstić information content (AvgIpc) is 3.65. The third-order valence-corrected chi connectivity index (χ3v) is 9.48. The lowest BCUT2D eigenvalue weighted by Crippen LogP contribution is -1.92. The molecule has 0 bridgehead atoms. The van der Waals surface area contributed by atoms with E-state index in [1.165, 1.54) is 54.6 Å². The SMILES string of the molecule is C1=Cc2c(oc3c2cc(-c2c4ccccc4c(-c4ccc5ccccc5c4)c4ccccc24)c2oc4ccccc4c23)CC1. The van der Waals surface area contributed by atoms with Gasteiger partial charge in [-0.1, -0.05) is 115 Å². The molecule has 9 aromatic rings. The maximum absolute atomic E-state index is 6.76. The molecule has 7 aromatic carbocycles. The highest BCUT2D eigenvalue weighted by Gasteiger charge is 2.25. The Balaban J connectivity index is 1.39. The number of benzene rings is 7. The molecule has 2 heterocycles. The van der Waals surface area contributed by atoms with Gasteiger partial charge in [0.25, 0.3) is 0 Å². The van der Waals surface area contributed by atoms with Crippen molar-refractivity contribution in [1.29, 1.82) is 0 Å². The standard InChI is InChI=1S/C42H26O2/c1-2-12-26-23-27(22-21-25(26)11-1)38-29-14-3-5-16-31(29)39(32-17-6-4-15-30(32)38)35-24-34-28-13-7-9-19-36(28)43-41(34)40-33-18-8-10-20-37(33)44-42(35)40/h1-8,10-18,20-24H,9,19H2. The molecule has 0 N–H and O–H groups in total. The van der Waals surface area contributed by atoms with E-state index in [-0.39, 0.29) is 0 Å². The van der Waals surface area contributed by atoms with Crippen LogP contribution in [0.3, 0.4) is 0 Å². The summed E-state index contributed by atoms with van der Waals surface area (Å²) in [5, 5.41) is 10.7. The predicted molar refractivity (Wildman–Crippen MR) is 184 cm³/mol. The summed E-state index contributed by atoms with van der Waals surface area (Å²) < 4.78 is 13.4. The van der Waals surface area contributed by atoms with Gasteiger partial charge < -0.3 is 8.83 Å². The van der Waals surface area contributed by atoms with Crippen LogP contribution in [0.2, 0.25) is 0 Å². The van der Waals surface area contributed by atoms with Gasteiger partial charge in [0.1, 0.15) is 22.5 Å². The molecule has 0 saturated carbocycles. The van der Waals surface area contributed by atoms with Crippen molar-refractivity contribution < 1.29 is 8.83 Å². The number of hydrogen-bond acceptors (Lipinski definition) is 2. The van der Waals surface area contributed by atoms with Crippen molar-refractivity contribution in [3.05, 3.63) is 139 Å². The maximum Gasteiger partial charge on any atom is 0.147 e. The van der Waals surface area contributed by atoms with Crippen LogP contribution in [0.5, 0.6) is 0 Å². The molecular formula is C42H26O2. The second-order valence-electron chi connectivity index (χ2n) is 11.9. The fourth-order valence-corrected chi connectivity index (χ4v) is 7.55. The van der Waals surface area contributed by atoms with E-state index >= 15 is 0 Å². The molecule has 0 amide bonds. The molecule has 0 radical (unpaired) electrons. The fraction of sp³-hybridized carbons (Fsp3) is 0.0476. The lowest BCUT2D eigenvalue weighted by Gasteiger charge is -2.18. The van der Waals surface area contributed by atoms with Gasteiger partial charge in [0.15, 0.2) is 0 Å². The minimum atomic E-state index is 0.877. The molecule has 0 spiro atoms. The van der Waals surface area contributed by atoms with Gasteiger partial charge in [-0.05, 0) is 68.1 Å². The fourth-order valence-electron chi connectivity index (χ4n) is 7.55. The molecule has 2 heteroatoms. The van der Waals surface area contributed by atoms with Gasteiger partial charge in [0, 0.05) is 33.9 Å². The van der Waals surface area contributed by atoms with Crippen LogP contribution in [0.4, 0.5) is 0 Å². The Hall–Kier alpha value is -5.60.